The lowest BCUT2D eigenvalue weighted by Gasteiger charge is -2.05. The minimum atomic E-state index is 0.0242. The maximum absolute atomic E-state index is 12.8. The first-order chi connectivity index (χ1) is 9.74. The van der Waals surface area contributed by atoms with E-state index in [1.165, 1.54) is 21.8 Å². The summed E-state index contributed by atoms with van der Waals surface area (Å²) in [5.74, 6) is 0. The monoisotopic (exact) mass is 321 g/mol. The number of hydrogen-bond acceptors (Lipinski definition) is 5. The molecule has 102 valence electrons. The second kappa shape index (κ2) is 4.61. The van der Waals surface area contributed by atoms with Crippen LogP contribution in [0.1, 0.15) is 22.6 Å². The molecule has 0 radical (unpaired) electrons. The Kier molecular flexibility index (Phi) is 2.87. The Balaban J connectivity index is 1.97. The van der Waals surface area contributed by atoms with Gasteiger partial charge in [-0.1, -0.05) is 0 Å². The van der Waals surface area contributed by atoms with Crippen LogP contribution in [0.5, 0.6) is 0 Å². The van der Waals surface area contributed by atoms with Crippen LogP contribution in [0.15, 0.2) is 15.7 Å². The molecule has 0 spiro atoms. The van der Waals surface area contributed by atoms with Crippen molar-refractivity contribution in [1.29, 1.82) is 0 Å². The van der Waals surface area contributed by atoms with E-state index in [4.69, 9.17) is 12.2 Å². The molecule has 0 amide bonds. The average Bonchev–Trinajstić information content (AvgIpc) is 3.09. The third kappa shape index (κ3) is 1.81. The van der Waals surface area contributed by atoms with Gasteiger partial charge in [0.05, 0.1) is 23.1 Å². The van der Waals surface area contributed by atoms with Gasteiger partial charge >= 0.3 is 0 Å². The number of rotatable bonds is 2. The second-order valence-electron chi connectivity index (χ2n) is 4.86. The summed E-state index contributed by atoms with van der Waals surface area (Å²) in [4.78, 5) is 22.5. The van der Waals surface area contributed by atoms with E-state index >= 15 is 0 Å². The summed E-state index contributed by atoms with van der Waals surface area (Å²) in [6.45, 7) is 0.443. The molecule has 0 aromatic carbocycles. The first kappa shape index (κ1) is 12.4. The van der Waals surface area contributed by atoms with Crippen LogP contribution in [0, 0.1) is 4.77 Å². The molecule has 4 nitrogen and oxygen atoms in total. The normalized spacial score (nSPS) is 14.0. The van der Waals surface area contributed by atoms with Crippen LogP contribution in [0.4, 0.5) is 0 Å². The van der Waals surface area contributed by atoms with E-state index < -0.39 is 0 Å². The standard InChI is InChI=1S/C13H11N3OS3/c17-12-10-8-2-1-3-9(8)20-11(10)15-13(18)16(12)4-7-5-19-6-14-7/h5-6H,1-4H2,(H,15,18). The molecule has 3 aromatic rings. The van der Waals surface area contributed by atoms with E-state index in [0.717, 1.165) is 35.2 Å². The predicted molar refractivity (Wildman–Crippen MR) is 84.5 cm³/mol. The van der Waals surface area contributed by atoms with Crippen LogP contribution in [0.25, 0.3) is 10.2 Å². The lowest BCUT2D eigenvalue weighted by molar-refractivity contribution is 0.721. The van der Waals surface area contributed by atoms with E-state index in [2.05, 4.69) is 9.97 Å². The van der Waals surface area contributed by atoms with E-state index in [-0.39, 0.29) is 5.56 Å². The topological polar surface area (TPSA) is 50.7 Å². The van der Waals surface area contributed by atoms with Gasteiger partial charge in [0.25, 0.3) is 5.56 Å². The van der Waals surface area contributed by atoms with Crippen LogP contribution < -0.4 is 5.56 Å². The summed E-state index contributed by atoms with van der Waals surface area (Å²) < 4.78 is 2.10. The SMILES string of the molecule is O=c1c2c3c(sc2[nH]c(=S)n1Cc1cscn1)CCC3. The van der Waals surface area contributed by atoms with E-state index in [9.17, 15) is 4.79 Å². The molecule has 3 aromatic heterocycles. The van der Waals surface area contributed by atoms with Crippen LogP contribution in [0.3, 0.4) is 0 Å². The van der Waals surface area contributed by atoms with Crippen molar-refractivity contribution >= 4 is 45.1 Å². The lowest BCUT2D eigenvalue weighted by atomic mass is 10.2. The van der Waals surface area contributed by atoms with Crippen molar-refractivity contribution in [3.8, 4) is 0 Å². The van der Waals surface area contributed by atoms with E-state index in [1.807, 2.05) is 5.38 Å². The maximum atomic E-state index is 12.8. The number of H-pyrrole nitrogens is 1. The summed E-state index contributed by atoms with van der Waals surface area (Å²) in [6, 6.07) is 0. The minimum Gasteiger partial charge on any atom is -0.323 e. The Morgan fingerprint density at radius 1 is 1.45 bits per heavy atom. The van der Waals surface area contributed by atoms with Gasteiger partial charge in [0.15, 0.2) is 4.77 Å². The average molecular weight is 321 g/mol. The van der Waals surface area contributed by atoms with Crippen molar-refractivity contribution < 1.29 is 0 Å². The molecular weight excluding hydrogens is 310 g/mol. The number of fused-ring (bicyclic) bond motifs is 3. The molecule has 4 rings (SSSR count). The highest BCUT2D eigenvalue weighted by Crippen LogP contribution is 2.34. The molecule has 0 unspecified atom stereocenters. The summed E-state index contributed by atoms with van der Waals surface area (Å²) in [6.07, 6.45) is 3.24. The maximum Gasteiger partial charge on any atom is 0.263 e. The highest BCUT2D eigenvalue weighted by Gasteiger charge is 2.21. The van der Waals surface area contributed by atoms with Gasteiger partial charge in [0.1, 0.15) is 4.83 Å². The fraction of sp³-hybridized carbons (Fsp3) is 0.308. The van der Waals surface area contributed by atoms with Crippen molar-refractivity contribution in [2.24, 2.45) is 0 Å². The predicted octanol–water partition coefficient (Wildman–Crippen LogP) is 3.11. The number of nitrogens with one attached hydrogen (secondary N) is 1. The zero-order chi connectivity index (χ0) is 13.7. The molecule has 20 heavy (non-hydrogen) atoms. The molecule has 3 heterocycles. The summed E-state index contributed by atoms with van der Waals surface area (Å²) in [5.41, 5.74) is 3.90. The second-order valence-corrected chi connectivity index (χ2v) is 7.07. The van der Waals surface area contributed by atoms with Crippen LogP contribution in [-0.2, 0) is 19.4 Å². The fourth-order valence-corrected chi connectivity index (χ4v) is 4.88. The van der Waals surface area contributed by atoms with Gasteiger partial charge in [-0.05, 0) is 37.0 Å². The molecule has 1 aliphatic rings. The summed E-state index contributed by atoms with van der Waals surface area (Å²) >= 11 is 8.55. The third-order valence-electron chi connectivity index (χ3n) is 3.65. The van der Waals surface area contributed by atoms with Crippen molar-refractivity contribution in [1.82, 2.24) is 14.5 Å². The highest BCUT2D eigenvalue weighted by molar-refractivity contribution is 7.71. The number of aromatic nitrogens is 3. The molecule has 0 fully saturated rings. The largest absolute Gasteiger partial charge is 0.323 e. The molecule has 0 aliphatic heterocycles. The minimum absolute atomic E-state index is 0.0242. The highest BCUT2D eigenvalue weighted by atomic mass is 32.1. The van der Waals surface area contributed by atoms with Crippen molar-refractivity contribution in [3.63, 3.8) is 0 Å². The number of thiazole rings is 1. The number of aromatic amines is 1. The van der Waals surface area contributed by atoms with E-state index in [0.29, 0.717) is 11.3 Å². The Hall–Kier alpha value is -1.31. The zero-order valence-corrected chi connectivity index (χ0v) is 13.0. The first-order valence-corrected chi connectivity index (χ1v) is 8.55. The molecule has 0 atom stereocenters. The van der Waals surface area contributed by atoms with Gasteiger partial charge in [0.2, 0.25) is 0 Å². The third-order valence-corrected chi connectivity index (χ3v) is 5.81. The van der Waals surface area contributed by atoms with Gasteiger partial charge in [-0.3, -0.25) is 9.36 Å². The first-order valence-electron chi connectivity index (χ1n) is 6.38. The van der Waals surface area contributed by atoms with Crippen molar-refractivity contribution in [3.05, 3.63) is 42.1 Å². The molecule has 1 aliphatic carbocycles. The number of aryl methyl sites for hydroxylation is 2. The lowest BCUT2D eigenvalue weighted by Crippen LogP contribution is -2.23. The quantitative estimate of drug-likeness (QED) is 0.738. The molecule has 0 saturated heterocycles. The molecule has 1 N–H and O–H groups in total. The van der Waals surface area contributed by atoms with Gasteiger partial charge in [0, 0.05) is 10.3 Å². The smallest absolute Gasteiger partial charge is 0.263 e. The molecule has 0 saturated carbocycles. The Bertz CT molecular complexity index is 901. The van der Waals surface area contributed by atoms with Gasteiger partial charge in [-0.15, -0.1) is 22.7 Å². The number of hydrogen-bond donors (Lipinski definition) is 1. The van der Waals surface area contributed by atoms with E-state index in [1.54, 1.807) is 21.4 Å². The Morgan fingerprint density at radius 3 is 3.15 bits per heavy atom. The van der Waals surface area contributed by atoms with Crippen LogP contribution in [0.2, 0.25) is 0 Å². The van der Waals surface area contributed by atoms with Crippen LogP contribution in [-0.4, -0.2) is 14.5 Å². The Labute approximate surface area is 127 Å². The number of nitrogens with zero attached hydrogens (tertiary/aromatic N) is 2. The summed E-state index contributed by atoms with van der Waals surface area (Å²) in [5, 5.41) is 2.79. The Morgan fingerprint density at radius 2 is 2.35 bits per heavy atom. The van der Waals surface area contributed by atoms with Crippen LogP contribution >= 0.6 is 34.9 Å². The van der Waals surface area contributed by atoms with Crippen molar-refractivity contribution in [2.75, 3.05) is 0 Å². The zero-order valence-electron chi connectivity index (χ0n) is 10.5. The van der Waals surface area contributed by atoms with Crippen molar-refractivity contribution in [2.45, 2.75) is 25.8 Å². The molecular formula is C13H11N3OS3. The number of thiophene rings is 1. The van der Waals surface area contributed by atoms with Gasteiger partial charge in [-0.25, -0.2) is 4.98 Å². The molecule has 0 bridgehead atoms. The fourth-order valence-electron chi connectivity index (χ4n) is 2.73. The van der Waals surface area contributed by atoms with Gasteiger partial charge < -0.3 is 4.98 Å². The molecule has 7 heteroatoms. The van der Waals surface area contributed by atoms with Gasteiger partial charge in [-0.2, -0.15) is 0 Å². The summed E-state index contributed by atoms with van der Waals surface area (Å²) in [7, 11) is 0.